The predicted molar refractivity (Wildman–Crippen MR) is 54.0 cm³/mol. The molecule has 13 heavy (non-hydrogen) atoms. The van der Waals surface area contributed by atoms with Gasteiger partial charge in [-0.1, -0.05) is 6.92 Å². The molecule has 2 atom stereocenters. The van der Waals surface area contributed by atoms with E-state index in [9.17, 15) is 4.79 Å². The first-order chi connectivity index (χ1) is 5.99. The molecular formula is C9H18ClNO2. The monoisotopic (exact) mass is 207 g/mol. The molecule has 0 aromatic rings. The molecule has 0 heterocycles. The molecule has 0 spiro atoms. The Morgan fingerprint density at radius 3 is 2.38 bits per heavy atom. The average Bonchev–Trinajstić information content (AvgIpc) is 2.02. The van der Waals surface area contributed by atoms with Crippen LogP contribution in [0.3, 0.4) is 0 Å². The first kappa shape index (κ1) is 12.7. The highest BCUT2D eigenvalue weighted by atomic mass is 35.5. The molecule has 0 aliphatic rings. The number of alkyl halides is 1. The zero-order chi connectivity index (χ0) is 10.4. The number of hydrogen-bond acceptors (Lipinski definition) is 2. The number of methoxy groups -OCH3 is 1. The second-order valence-corrected chi connectivity index (χ2v) is 3.97. The van der Waals surface area contributed by atoms with E-state index in [0.717, 1.165) is 0 Å². The van der Waals surface area contributed by atoms with Gasteiger partial charge in [0.15, 0.2) is 0 Å². The topological polar surface area (TPSA) is 38.3 Å². The van der Waals surface area contributed by atoms with Crippen LogP contribution in [0.25, 0.3) is 0 Å². The molecule has 4 heteroatoms. The summed E-state index contributed by atoms with van der Waals surface area (Å²) in [6.45, 7) is 6.20. The van der Waals surface area contributed by atoms with Crippen molar-refractivity contribution >= 4 is 17.5 Å². The average molecular weight is 208 g/mol. The van der Waals surface area contributed by atoms with Crippen molar-refractivity contribution in [1.29, 1.82) is 0 Å². The van der Waals surface area contributed by atoms with Gasteiger partial charge in [-0.3, -0.25) is 4.79 Å². The summed E-state index contributed by atoms with van der Waals surface area (Å²) < 4.78 is 4.92. The van der Waals surface area contributed by atoms with Gasteiger partial charge in [0, 0.05) is 19.1 Å². The lowest BCUT2D eigenvalue weighted by molar-refractivity contribution is -0.122. The Morgan fingerprint density at radius 1 is 1.46 bits per heavy atom. The third-order valence-corrected chi connectivity index (χ3v) is 2.24. The summed E-state index contributed by atoms with van der Waals surface area (Å²) in [6, 6.07) is 0.128. The Kier molecular flexibility index (Phi) is 6.08. The van der Waals surface area contributed by atoms with Crippen LogP contribution < -0.4 is 5.32 Å². The van der Waals surface area contributed by atoms with Gasteiger partial charge in [0.05, 0.1) is 6.61 Å². The van der Waals surface area contributed by atoms with Gasteiger partial charge in [-0.15, -0.1) is 11.6 Å². The van der Waals surface area contributed by atoms with Crippen LogP contribution in [-0.2, 0) is 9.53 Å². The zero-order valence-corrected chi connectivity index (χ0v) is 9.39. The van der Waals surface area contributed by atoms with E-state index in [1.807, 2.05) is 20.8 Å². The third-order valence-electron chi connectivity index (χ3n) is 1.61. The molecule has 0 aliphatic carbocycles. The zero-order valence-electron chi connectivity index (χ0n) is 8.63. The van der Waals surface area contributed by atoms with Gasteiger partial charge < -0.3 is 10.1 Å². The smallest absolute Gasteiger partial charge is 0.238 e. The van der Waals surface area contributed by atoms with E-state index in [-0.39, 0.29) is 17.9 Å². The van der Waals surface area contributed by atoms with Crippen LogP contribution in [0.2, 0.25) is 0 Å². The lowest BCUT2D eigenvalue weighted by atomic mass is 10.1. The second kappa shape index (κ2) is 6.22. The quantitative estimate of drug-likeness (QED) is 0.693. The maximum absolute atomic E-state index is 11.4. The van der Waals surface area contributed by atoms with E-state index >= 15 is 0 Å². The highest BCUT2D eigenvalue weighted by Crippen LogP contribution is 2.10. The molecule has 1 N–H and O–H groups in total. The SMILES string of the molecule is COCC(C)C(Cl)C(=O)NC(C)C. The molecule has 0 saturated heterocycles. The van der Waals surface area contributed by atoms with Crippen molar-refractivity contribution in [2.45, 2.75) is 32.2 Å². The van der Waals surface area contributed by atoms with E-state index in [1.54, 1.807) is 7.11 Å². The van der Waals surface area contributed by atoms with Crippen molar-refractivity contribution in [3.05, 3.63) is 0 Å². The Balaban J connectivity index is 3.93. The van der Waals surface area contributed by atoms with Crippen LogP contribution in [0.4, 0.5) is 0 Å². The standard InChI is InChI=1S/C9H18ClNO2/c1-6(2)11-9(12)8(10)7(3)5-13-4/h6-8H,5H2,1-4H3,(H,11,12). The number of rotatable bonds is 5. The van der Waals surface area contributed by atoms with Crippen molar-refractivity contribution in [3.8, 4) is 0 Å². The number of halogens is 1. The molecule has 2 unspecified atom stereocenters. The molecule has 0 radical (unpaired) electrons. The molecule has 0 aromatic carbocycles. The maximum Gasteiger partial charge on any atom is 0.238 e. The molecule has 1 amide bonds. The lowest BCUT2D eigenvalue weighted by Gasteiger charge is -2.18. The van der Waals surface area contributed by atoms with E-state index in [4.69, 9.17) is 16.3 Å². The van der Waals surface area contributed by atoms with Gasteiger partial charge in [-0.05, 0) is 13.8 Å². The lowest BCUT2D eigenvalue weighted by Crippen LogP contribution is -2.39. The van der Waals surface area contributed by atoms with Crippen LogP contribution in [0.1, 0.15) is 20.8 Å². The molecule has 0 saturated carbocycles. The van der Waals surface area contributed by atoms with Gasteiger partial charge in [0.1, 0.15) is 5.38 Å². The number of nitrogens with one attached hydrogen (secondary N) is 1. The van der Waals surface area contributed by atoms with Gasteiger partial charge >= 0.3 is 0 Å². The first-order valence-electron chi connectivity index (χ1n) is 4.42. The summed E-state index contributed by atoms with van der Waals surface area (Å²) in [5, 5.41) is 2.24. The predicted octanol–water partition coefficient (Wildman–Crippen LogP) is 1.40. The molecule has 0 fully saturated rings. The summed E-state index contributed by atoms with van der Waals surface area (Å²) in [7, 11) is 1.60. The van der Waals surface area contributed by atoms with Gasteiger partial charge in [0.2, 0.25) is 5.91 Å². The number of amides is 1. The molecule has 0 aromatic heterocycles. The summed E-state index contributed by atoms with van der Waals surface area (Å²) in [5.74, 6) is -0.0911. The molecule has 3 nitrogen and oxygen atoms in total. The van der Waals surface area contributed by atoms with E-state index in [1.165, 1.54) is 0 Å². The minimum Gasteiger partial charge on any atom is -0.384 e. The van der Waals surface area contributed by atoms with Crippen LogP contribution in [-0.4, -0.2) is 31.0 Å². The largest absolute Gasteiger partial charge is 0.384 e. The van der Waals surface area contributed by atoms with Crippen molar-refractivity contribution in [1.82, 2.24) is 5.32 Å². The fourth-order valence-corrected chi connectivity index (χ4v) is 1.11. The van der Waals surface area contributed by atoms with Crippen LogP contribution in [0.5, 0.6) is 0 Å². The minimum atomic E-state index is -0.512. The summed E-state index contributed by atoms with van der Waals surface area (Å²) in [4.78, 5) is 11.4. The molecule has 0 bridgehead atoms. The van der Waals surface area contributed by atoms with E-state index in [2.05, 4.69) is 5.32 Å². The van der Waals surface area contributed by atoms with Crippen LogP contribution in [0, 0.1) is 5.92 Å². The summed E-state index contributed by atoms with van der Waals surface area (Å²) in [5.41, 5.74) is 0. The van der Waals surface area contributed by atoms with Gasteiger partial charge in [-0.25, -0.2) is 0 Å². The maximum atomic E-state index is 11.4. The van der Waals surface area contributed by atoms with Crippen molar-refractivity contribution in [3.63, 3.8) is 0 Å². The first-order valence-corrected chi connectivity index (χ1v) is 4.86. The Morgan fingerprint density at radius 2 is 2.00 bits per heavy atom. The molecule has 0 aliphatic heterocycles. The molecule has 78 valence electrons. The molecule has 0 rings (SSSR count). The summed E-state index contributed by atoms with van der Waals surface area (Å²) >= 11 is 5.91. The highest BCUT2D eigenvalue weighted by Gasteiger charge is 2.22. The Hall–Kier alpha value is -0.280. The number of carbonyl (C=O) groups is 1. The molecular weight excluding hydrogens is 190 g/mol. The minimum absolute atomic E-state index is 0.0328. The Labute approximate surface area is 84.8 Å². The second-order valence-electron chi connectivity index (χ2n) is 3.50. The fraction of sp³-hybridized carbons (Fsp3) is 0.889. The third kappa shape index (κ3) is 5.11. The fourth-order valence-electron chi connectivity index (χ4n) is 0.970. The normalized spacial score (nSPS) is 15.5. The number of ether oxygens (including phenoxy) is 1. The van der Waals surface area contributed by atoms with Crippen LogP contribution >= 0.6 is 11.6 Å². The Bertz CT molecular complexity index is 162. The van der Waals surface area contributed by atoms with Crippen LogP contribution in [0.15, 0.2) is 0 Å². The van der Waals surface area contributed by atoms with Gasteiger partial charge in [-0.2, -0.15) is 0 Å². The number of carbonyl (C=O) groups excluding carboxylic acids is 1. The summed E-state index contributed by atoms with van der Waals surface area (Å²) in [6.07, 6.45) is 0. The van der Waals surface area contributed by atoms with Crippen molar-refractivity contribution < 1.29 is 9.53 Å². The highest BCUT2D eigenvalue weighted by molar-refractivity contribution is 6.30. The number of hydrogen-bond donors (Lipinski definition) is 1. The van der Waals surface area contributed by atoms with E-state index < -0.39 is 5.38 Å². The van der Waals surface area contributed by atoms with Gasteiger partial charge in [0.25, 0.3) is 0 Å². The van der Waals surface area contributed by atoms with E-state index in [0.29, 0.717) is 6.61 Å². The van der Waals surface area contributed by atoms with Crippen molar-refractivity contribution in [2.24, 2.45) is 5.92 Å². The van der Waals surface area contributed by atoms with Crippen molar-refractivity contribution in [2.75, 3.05) is 13.7 Å².